The number of fused-ring (bicyclic) bond motifs is 1. The number of carbonyl (C=O) groups excluding carboxylic acids is 1. The molecule has 0 bridgehead atoms. The van der Waals surface area contributed by atoms with Crippen LogP contribution in [0.4, 0.5) is 0 Å². The smallest absolute Gasteiger partial charge is 0.420 e. The van der Waals surface area contributed by atoms with Gasteiger partial charge in [0, 0.05) is 6.54 Å². The summed E-state index contributed by atoms with van der Waals surface area (Å²) in [7, 11) is 1.62. The van der Waals surface area contributed by atoms with E-state index in [1.54, 1.807) is 31.4 Å². The van der Waals surface area contributed by atoms with Crippen LogP contribution < -0.4 is 15.8 Å². The van der Waals surface area contributed by atoms with E-state index < -0.39 is 5.76 Å². The van der Waals surface area contributed by atoms with Gasteiger partial charge in [0.2, 0.25) is 5.91 Å². The minimum Gasteiger partial charge on any atom is -0.497 e. The highest BCUT2D eigenvalue weighted by Gasteiger charge is 2.11. The zero-order valence-corrected chi connectivity index (χ0v) is 13.3. The molecule has 0 saturated heterocycles. The SMILES string of the molecule is COc1ccc(CCNC(=O)Cn2c(=O)oc3ccccc32)cc1. The molecule has 6 heteroatoms. The molecule has 0 aliphatic carbocycles. The van der Waals surface area contributed by atoms with E-state index in [1.165, 1.54) is 4.57 Å². The summed E-state index contributed by atoms with van der Waals surface area (Å²) in [5, 5.41) is 2.82. The van der Waals surface area contributed by atoms with E-state index in [1.807, 2.05) is 24.3 Å². The highest BCUT2D eigenvalue weighted by atomic mass is 16.5. The fourth-order valence-corrected chi connectivity index (χ4v) is 2.50. The van der Waals surface area contributed by atoms with Crippen molar-refractivity contribution in [3.8, 4) is 5.75 Å². The minimum absolute atomic E-state index is 0.0571. The Kier molecular flexibility index (Phi) is 4.65. The summed E-state index contributed by atoms with van der Waals surface area (Å²) in [4.78, 5) is 23.9. The Morgan fingerprint density at radius 2 is 1.92 bits per heavy atom. The highest BCUT2D eigenvalue weighted by molar-refractivity contribution is 5.79. The first kappa shape index (κ1) is 15.9. The number of carbonyl (C=O) groups is 1. The summed E-state index contributed by atoms with van der Waals surface area (Å²) in [6.45, 7) is 0.439. The Hall–Kier alpha value is -3.02. The molecule has 1 aromatic heterocycles. The molecule has 0 unspecified atom stereocenters. The number of rotatable bonds is 6. The average molecular weight is 326 g/mol. The number of benzene rings is 2. The maximum Gasteiger partial charge on any atom is 0.420 e. The van der Waals surface area contributed by atoms with Crippen LogP contribution in [-0.4, -0.2) is 24.1 Å². The summed E-state index contributed by atoms with van der Waals surface area (Å²) < 4.78 is 11.5. The number of para-hydroxylation sites is 2. The van der Waals surface area contributed by atoms with Gasteiger partial charge in [-0.1, -0.05) is 24.3 Å². The van der Waals surface area contributed by atoms with Crippen molar-refractivity contribution in [3.63, 3.8) is 0 Å². The van der Waals surface area contributed by atoms with Gasteiger partial charge in [-0.2, -0.15) is 0 Å². The summed E-state index contributed by atoms with van der Waals surface area (Å²) in [5.74, 6) is 0.0488. The maximum absolute atomic E-state index is 12.1. The number of hydrogen-bond donors (Lipinski definition) is 1. The van der Waals surface area contributed by atoms with E-state index in [-0.39, 0.29) is 12.5 Å². The lowest BCUT2D eigenvalue weighted by Crippen LogP contribution is -2.32. The first-order valence-electron chi connectivity index (χ1n) is 7.65. The number of hydrogen-bond acceptors (Lipinski definition) is 4. The number of ether oxygens (including phenoxy) is 1. The molecular weight excluding hydrogens is 308 g/mol. The van der Waals surface area contributed by atoms with E-state index >= 15 is 0 Å². The lowest BCUT2D eigenvalue weighted by Gasteiger charge is -2.06. The predicted molar refractivity (Wildman–Crippen MR) is 90.2 cm³/mol. The molecule has 1 amide bonds. The van der Waals surface area contributed by atoms with Crippen molar-refractivity contribution in [1.82, 2.24) is 9.88 Å². The van der Waals surface area contributed by atoms with Crippen LogP contribution in [0.5, 0.6) is 5.75 Å². The highest BCUT2D eigenvalue weighted by Crippen LogP contribution is 2.12. The number of methoxy groups -OCH3 is 1. The molecule has 0 atom stereocenters. The zero-order chi connectivity index (χ0) is 16.9. The van der Waals surface area contributed by atoms with Crippen molar-refractivity contribution < 1.29 is 13.9 Å². The van der Waals surface area contributed by atoms with Crippen molar-refractivity contribution in [2.45, 2.75) is 13.0 Å². The molecule has 0 aliphatic rings. The van der Waals surface area contributed by atoms with Crippen LogP contribution in [0.3, 0.4) is 0 Å². The summed E-state index contributed by atoms with van der Waals surface area (Å²) in [6.07, 6.45) is 0.705. The predicted octanol–water partition coefficient (Wildman–Crippen LogP) is 1.96. The Bertz CT molecular complexity index is 893. The Balaban J connectivity index is 1.57. The zero-order valence-electron chi connectivity index (χ0n) is 13.3. The van der Waals surface area contributed by atoms with Crippen molar-refractivity contribution in [2.75, 3.05) is 13.7 Å². The van der Waals surface area contributed by atoms with Crippen LogP contribution in [0.25, 0.3) is 11.1 Å². The largest absolute Gasteiger partial charge is 0.497 e. The summed E-state index contributed by atoms with van der Waals surface area (Å²) >= 11 is 0. The molecule has 2 aromatic carbocycles. The Morgan fingerprint density at radius 1 is 1.17 bits per heavy atom. The van der Waals surface area contributed by atoms with Gasteiger partial charge in [0.25, 0.3) is 0 Å². The molecule has 0 radical (unpaired) electrons. The van der Waals surface area contributed by atoms with Crippen molar-refractivity contribution >= 4 is 17.0 Å². The lowest BCUT2D eigenvalue weighted by molar-refractivity contribution is -0.121. The van der Waals surface area contributed by atoms with Gasteiger partial charge in [-0.05, 0) is 36.2 Å². The number of aromatic nitrogens is 1. The number of nitrogens with zero attached hydrogens (tertiary/aromatic N) is 1. The number of oxazole rings is 1. The molecule has 124 valence electrons. The number of amides is 1. The minimum atomic E-state index is -0.526. The normalized spacial score (nSPS) is 10.7. The van der Waals surface area contributed by atoms with E-state index in [2.05, 4.69) is 5.32 Å². The van der Waals surface area contributed by atoms with Crippen LogP contribution in [-0.2, 0) is 17.8 Å². The third kappa shape index (κ3) is 3.48. The molecule has 1 heterocycles. The first-order chi connectivity index (χ1) is 11.7. The molecule has 3 rings (SSSR count). The second-order valence-electron chi connectivity index (χ2n) is 5.37. The molecular formula is C18H18N2O4. The van der Waals surface area contributed by atoms with Gasteiger partial charge in [0.15, 0.2) is 5.58 Å². The molecule has 0 spiro atoms. The lowest BCUT2D eigenvalue weighted by atomic mass is 10.1. The summed E-state index contributed by atoms with van der Waals surface area (Å²) in [6, 6.07) is 14.7. The van der Waals surface area contributed by atoms with Gasteiger partial charge >= 0.3 is 5.76 Å². The average Bonchev–Trinajstić information content (AvgIpc) is 2.91. The van der Waals surface area contributed by atoms with Crippen molar-refractivity contribution in [2.24, 2.45) is 0 Å². The second-order valence-corrected chi connectivity index (χ2v) is 5.37. The monoisotopic (exact) mass is 326 g/mol. The molecule has 0 aliphatic heterocycles. The van der Waals surface area contributed by atoms with E-state index in [0.29, 0.717) is 24.1 Å². The Labute approximate surface area is 138 Å². The van der Waals surface area contributed by atoms with Crippen LogP contribution in [0.2, 0.25) is 0 Å². The standard InChI is InChI=1S/C18H18N2O4/c1-23-14-8-6-13(7-9-14)10-11-19-17(21)12-20-15-4-2-3-5-16(15)24-18(20)22/h2-9H,10-12H2,1H3,(H,19,21). The fourth-order valence-electron chi connectivity index (χ4n) is 2.50. The fraction of sp³-hybridized carbons (Fsp3) is 0.222. The summed E-state index contributed by atoms with van der Waals surface area (Å²) in [5.41, 5.74) is 2.20. The van der Waals surface area contributed by atoms with Gasteiger partial charge in [-0.3, -0.25) is 9.36 Å². The first-order valence-corrected chi connectivity index (χ1v) is 7.65. The van der Waals surface area contributed by atoms with E-state index in [4.69, 9.17) is 9.15 Å². The van der Waals surface area contributed by atoms with Gasteiger partial charge in [-0.15, -0.1) is 0 Å². The molecule has 24 heavy (non-hydrogen) atoms. The van der Waals surface area contributed by atoms with Gasteiger partial charge in [-0.25, -0.2) is 4.79 Å². The molecule has 3 aromatic rings. The second kappa shape index (κ2) is 7.04. The van der Waals surface area contributed by atoms with Gasteiger partial charge in [0.05, 0.1) is 12.6 Å². The van der Waals surface area contributed by atoms with Crippen molar-refractivity contribution in [3.05, 3.63) is 64.6 Å². The van der Waals surface area contributed by atoms with E-state index in [9.17, 15) is 9.59 Å². The van der Waals surface area contributed by atoms with E-state index in [0.717, 1.165) is 11.3 Å². The van der Waals surface area contributed by atoms with Gasteiger partial charge in [0.1, 0.15) is 12.3 Å². The quantitative estimate of drug-likeness (QED) is 0.751. The van der Waals surface area contributed by atoms with Crippen LogP contribution in [0.15, 0.2) is 57.7 Å². The molecule has 0 fully saturated rings. The Morgan fingerprint density at radius 3 is 2.67 bits per heavy atom. The molecule has 6 nitrogen and oxygen atoms in total. The van der Waals surface area contributed by atoms with Crippen LogP contribution >= 0.6 is 0 Å². The molecule has 0 saturated carbocycles. The third-order valence-electron chi connectivity index (χ3n) is 3.77. The van der Waals surface area contributed by atoms with Crippen LogP contribution in [0.1, 0.15) is 5.56 Å². The number of nitrogens with one attached hydrogen (secondary N) is 1. The maximum atomic E-state index is 12.1. The van der Waals surface area contributed by atoms with Crippen LogP contribution in [0, 0.1) is 0 Å². The topological polar surface area (TPSA) is 73.5 Å². The third-order valence-corrected chi connectivity index (χ3v) is 3.77. The van der Waals surface area contributed by atoms with Gasteiger partial charge < -0.3 is 14.5 Å². The van der Waals surface area contributed by atoms with Crippen molar-refractivity contribution in [1.29, 1.82) is 0 Å². The molecule has 1 N–H and O–H groups in total.